The van der Waals surface area contributed by atoms with E-state index in [-0.39, 0.29) is 12.2 Å². The van der Waals surface area contributed by atoms with E-state index in [0.717, 1.165) is 0 Å². The van der Waals surface area contributed by atoms with Gasteiger partial charge in [-0.1, -0.05) is 16.8 Å². The van der Waals surface area contributed by atoms with Crippen molar-refractivity contribution >= 4 is 23.2 Å². The Morgan fingerprint density at radius 2 is 2.30 bits per heavy atom. The van der Waals surface area contributed by atoms with E-state index >= 15 is 0 Å². The standard InChI is InChI=1S/C12H14ClN5O2/c13-11-2-1-8(5-10(11)12(14)20)15-6-9-7-18(3-4-19)17-16-9/h1-2,5,7,15,19H,3-4,6H2,(H2,14,20). The Hall–Kier alpha value is -2.12. The number of hydrogen-bond acceptors (Lipinski definition) is 5. The van der Waals surface area contributed by atoms with Crippen molar-refractivity contribution in [2.75, 3.05) is 11.9 Å². The van der Waals surface area contributed by atoms with Gasteiger partial charge in [0.05, 0.1) is 36.5 Å². The van der Waals surface area contributed by atoms with Gasteiger partial charge < -0.3 is 16.2 Å². The molecule has 7 nitrogen and oxygen atoms in total. The molecule has 106 valence electrons. The summed E-state index contributed by atoms with van der Waals surface area (Å²) in [4.78, 5) is 11.2. The molecule has 0 bridgehead atoms. The molecule has 0 spiro atoms. The molecule has 1 aromatic heterocycles. The molecule has 4 N–H and O–H groups in total. The first kappa shape index (κ1) is 14.3. The number of nitrogens with zero attached hydrogens (tertiary/aromatic N) is 3. The Kier molecular flexibility index (Phi) is 4.54. The van der Waals surface area contributed by atoms with Gasteiger partial charge in [-0.2, -0.15) is 0 Å². The van der Waals surface area contributed by atoms with Crippen molar-refractivity contribution in [2.24, 2.45) is 5.73 Å². The molecule has 0 fully saturated rings. The maximum atomic E-state index is 11.2. The van der Waals surface area contributed by atoms with Gasteiger partial charge in [-0.05, 0) is 18.2 Å². The number of halogens is 1. The number of aliphatic hydroxyl groups is 1. The summed E-state index contributed by atoms with van der Waals surface area (Å²) in [5.41, 5.74) is 6.92. The number of aromatic nitrogens is 3. The first-order chi connectivity index (χ1) is 9.60. The van der Waals surface area contributed by atoms with E-state index in [1.807, 2.05) is 0 Å². The minimum atomic E-state index is -0.576. The number of hydrogen-bond donors (Lipinski definition) is 3. The number of carbonyl (C=O) groups excluding carboxylic acids is 1. The fourth-order valence-electron chi connectivity index (χ4n) is 1.65. The number of aliphatic hydroxyl groups excluding tert-OH is 1. The average molecular weight is 296 g/mol. The Morgan fingerprint density at radius 3 is 3.00 bits per heavy atom. The van der Waals surface area contributed by atoms with Gasteiger partial charge in [-0.15, -0.1) is 5.10 Å². The van der Waals surface area contributed by atoms with Crippen LogP contribution in [0.5, 0.6) is 0 Å². The van der Waals surface area contributed by atoms with Gasteiger partial charge in [0.25, 0.3) is 0 Å². The van der Waals surface area contributed by atoms with Crippen LogP contribution in [0.25, 0.3) is 0 Å². The number of primary amides is 1. The number of nitrogens with one attached hydrogen (secondary N) is 1. The maximum absolute atomic E-state index is 11.2. The van der Waals surface area contributed by atoms with Crippen LogP contribution >= 0.6 is 11.6 Å². The van der Waals surface area contributed by atoms with Gasteiger partial charge >= 0.3 is 0 Å². The number of amides is 1. The molecule has 20 heavy (non-hydrogen) atoms. The molecule has 0 aliphatic heterocycles. The second-order valence-electron chi connectivity index (χ2n) is 4.11. The monoisotopic (exact) mass is 295 g/mol. The lowest BCUT2D eigenvalue weighted by Gasteiger charge is -2.06. The maximum Gasteiger partial charge on any atom is 0.250 e. The largest absolute Gasteiger partial charge is 0.394 e. The second kappa shape index (κ2) is 6.36. The molecule has 0 aliphatic rings. The Labute approximate surface area is 120 Å². The third-order valence-corrected chi connectivity index (χ3v) is 2.95. The Morgan fingerprint density at radius 1 is 1.50 bits per heavy atom. The summed E-state index contributed by atoms with van der Waals surface area (Å²) in [6, 6.07) is 4.93. The highest BCUT2D eigenvalue weighted by atomic mass is 35.5. The first-order valence-corrected chi connectivity index (χ1v) is 6.31. The van der Waals surface area contributed by atoms with Crippen molar-refractivity contribution < 1.29 is 9.90 Å². The number of benzene rings is 1. The molecule has 0 saturated carbocycles. The highest BCUT2D eigenvalue weighted by Crippen LogP contribution is 2.20. The number of anilines is 1. The Balaban J connectivity index is 2.03. The summed E-state index contributed by atoms with van der Waals surface area (Å²) in [6.45, 7) is 0.848. The van der Waals surface area contributed by atoms with E-state index in [0.29, 0.717) is 29.5 Å². The topological polar surface area (TPSA) is 106 Å². The molecule has 0 unspecified atom stereocenters. The normalized spacial score (nSPS) is 10.5. The van der Waals surface area contributed by atoms with E-state index in [1.54, 1.807) is 29.1 Å². The molecule has 8 heteroatoms. The zero-order valence-electron chi connectivity index (χ0n) is 10.6. The van der Waals surface area contributed by atoms with E-state index in [1.165, 1.54) is 0 Å². The third-order valence-electron chi connectivity index (χ3n) is 2.62. The zero-order valence-corrected chi connectivity index (χ0v) is 11.3. The fourth-order valence-corrected chi connectivity index (χ4v) is 1.86. The van der Waals surface area contributed by atoms with Crippen LogP contribution in [0, 0.1) is 0 Å². The molecule has 1 heterocycles. The summed E-state index contributed by atoms with van der Waals surface area (Å²) < 4.78 is 1.55. The zero-order chi connectivity index (χ0) is 14.5. The van der Waals surface area contributed by atoms with E-state index in [9.17, 15) is 4.79 Å². The van der Waals surface area contributed by atoms with Crippen LogP contribution in [0.15, 0.2) is 24.4 Å². The van der Waals surface area contributed by atoms with Gasteiger partial charge in [0.1, 0.15) is 5.69 Å². The first-order valence-electron chi connectivity index (χ1n) is 5.93. The average Bonchev–Trinajstić information content (AvgIpc) is 2.86. The van der Waals surface area contributed by atoms with E-state index in [4.69, 9.17) is 22.4 Å². The fraction of sp³-hybridized carbons (Fsp3) is 0.250. The smallest absolute Gasteiger partial charge is 0.250 e. The number of carbonyl (C=O) groups is 1. The molecule has 0 atom stereocenters. The molecule has 0 saturated heterocycles. The predicted octanol–water partition coefficient (Wildman–Crippen LogP) is 0.635. The van der Waals surface area contributed by atoms with Crippen molar-refractivity contribution in [3.05, 3.63) is 40.7 Å². The molecule has 1 amide bonds. The number of nitrogens with two attached hydrogens (primary N) is 1. The van der Waals surface area contributed by atoms with Crippen LogP contribution < -0.4 is 11.1 Å². The quantitative estimate of drug-likeness (QED) is 0.725. The van der Waals surface area contributed by atoms with Crippen LogP contribution in [-0.4, -0.2) is 32.6 Å². The van der Waals surface area contributed by atoms with Crippen molar-refractivity contribution in [3.63, 3.8) is 0 Å². The van der Waals surface area contributed by atoms with E-state index in [2.05, 4.69) is 15.6 Å². The van der Waals surface area contributed by atoms with Crippen LogP contribution in [0.4, 0.5) is 5.69 Å². The Bertz CT molecular complexity index is 614. The second-order valence-corrected chi connectivity index (χ2v) is 4.52. The summed E-state index contributed by atoms with van der Waals surface area (Å²) in [7, 11) is 0. The van der Waals surface area contributed by atoms with Crippen molar-refractivity contribution in [1.82, 2.24) is 15.0 Å². The third kappa shape index (κ3) is 3.46. The highest BCUT2D eigenvalue weighted by Gasteiger charge is 2.08. The SMILES string of the molecule is NC(=O)c1cc(NCc2cn(CCO)nn2)ccc1Cl. The minimum absolute atomic E-state index is 0.00931. The van der Waals surface area contributed by atoms with Crippen LogP contribution in [0.1, 0.15) is 16.1 Å². The minimum Gasteiger partial charge on any atom is -0.394 e. The summed E-state index contributed by atoms with van der Waals surface area (Å²) in [6.07, 6.45) is 1.73. The lowest BCUT2D eigenvalue weighted by atomic mass is 10.2. The van der Waals surface area contributed by atoms with Gasteiger partial charge in [-0.3, -0.25) is 4.79 Å². The molecule has 0 aliphatic carbocycles. The molecule has 2 rings (SSSR count). The molecule has 2 aromatic rings. The van der Waals surface area contributed by atoms with Crippen molar-refractivity contribution in [3.8, 4) is 0 Å². The lowest BCUT2D eigenvalue weighted by molar-refractivity contribution is 0.100. The van der Waals surface area contributed by atoms with Gasteiger partial charge in [0.2, 0.25) is 5.91 Å². The molecular weight excluding hydrogens is 282 g/mol. The predicted molar refractivity (Wildman–Crippen MR) is 74.4 cm³/mol. The number of rotatable bonds is 6. The summed E-state index contributed by atoms with van der Waals surface area (Å²) >= 11 is 5.87. The van der Waals surface area contributed by atoms with Crippen LogP contribution in [0.2, 0.25) is 5.02 Å². The van der Waals surface area contributed by atoms with E-state index < -0.39 is 5.91 Å². The lowest BCUT2D eigenvalue weighted by Crippen LogP contribution is -2.12. The summed E-state index contributed by atoms with van der Waals surface area (Å²) in [5, 5.41) is 20.0. The van der Waals surface area contributed by atoms with Crippen LogP contribution in [-0.2, 0) is 13.1 Å². The van der Waals surface area contributed by atoms with Crippen molar-refractivity contribution in [1.29, 1.82) is 0 Å². The molecular formula is C12H14ClN5O2. The summed E-state index contributed by atoms with van der Waals surface area (Å²) in [5.74, 6) is -0.576. The molecule has 0 radical (unpaired) electrons. The van der Waals surface area contributed by atoms with Crippen molar-refractivity contribution in [2.45, 2.75) is 13.1 Å². The van der Waals surface area contributed by atoms with Gasteiger partial charge in [0, 0.05) is 5.69 Å². The van der Waals surface area contributed by atoms with Gasteiger partial charge in [0.15, 0.2) is 0 Å². The van der Waals surface area contributed by atoms with Crippen LogP contribution in [0.3, 0.4) is 0 Å². The molecule has 1 aromatic carbocycles. The van der Waals surface area contributed by atoms with Gasteiger partial charge in [-0.25, -0.2) is 4.68 Å². The highest BCUT2D eigenvalue weighted by molar-refractivity contribution is 6.33.